The van der Waals surface area contributed by atoms with Gasteiger partial charge in [0.1, 0.15) is 5.52 Å². The molecule has 0 bridgehead atoms. The van der Waals surface area contributed by atoms with Crippen LogP contribution in [0.3, 0.4) is 0 Å². The number of aromatic nitrogens is 1. The van der Waals surface area contributed by atoms with E-state index in [0.29, 0.717) is 17.3 Å². The van der Waals surface area contributed by atoms with Crippen LogP contribution in [0.1, 0.15) is 11.5 Å². The second-order valence-electron chi connectivity index (χ2n) is 4.66. The molecule has 0 radical (unpaired) electrons. The SMILES string of the molecule is O=C(Cc1ccc(Cl)cc1)NCc1nc2ccccc2o1. The van der Waals surface area contributed by atoms with Gasteiger partial charge in [-0.25, -0.2) is 4.98 Å². The summed E-state index contributed by atoms with van der Waals surface area (Å²) < 4.78 is 5.54. The van der Waals surface area contributed by atoms with Gasteiger partial charge in [0, 0.05) is 5.02 Å². The van der Waals surface area contributed by atoms with E-state index in [0.717, 1.165) is 16.7 Å². The van der Waals surface area contributed by atoms with Gasteiger partial charge in [-0.3, -0.25) is 4.79 Å². The molecule has 3 rings (SSSR count). The van der Waals surface area contributed by atoms with Crippen molar-refractivity contribution in [3.8, 4) is 0 Å². The van der Waals surface area contributed by atoms with Gasteiger partial charge in [-0.15, -0.1) is 0 Å². The lowest BCUT2D eigenvalue weighted by Gasteiger charge is -2.03. The van der Waals surface area contributed by atoms with E-state index >= 15 is 0 Å². The first-order valence-electron chi connectivity index (χ1n) is 6.56. The van der Waals surface area contributed by atoms with Gasteiger partial charge in [0.05, 0.1) is 13.0 Å². The average Bonchev–Trinajstić information content (AvgIpc) is 2.90. The van der Waals surface area contributed by atoms with E-state index in [-0.39, 0.29) is 12.5 Å². The maximum Gasteiger partial charge on any atom is 0.224 e. The number of halogens is 1. The zero-order valence-electron chi connectivity index (χ0n) is 11.2. The van der Waals surface area contributed by atoms with Gasteiger partial charge in [0.25, 0.3) is 0 Å². The van der Waals surface area contributed by atoms with Crippen molar-refractivity contribution >= 4 is 28.6 Å². The number of fused-ring (bicyclic) bond motifs is 1. The van der Waals surface area contributed by atoms with E-state index in [1.165, 1.54) is 0 Å². The minimum Gasteiger partial charge on any atom is -0.439 e. The number of nitrogens with one attached hydrogen (secondary N) is 1. The fourth-order valence-electron chi connectivity index (χ4n) is 2.02. The van der Waals surface area contributed by atoms with Crippen molar-refractivity contribution in [1.82, 2.24) is 10.3 Å². The molecular weight excluding hydrogens is 288 g/mol. The highest BCUT2D eigenvalue weighted by Crippen LogP contribution is 2.14. The maximum atomic E-state index is 11.9. The number of benzene rings is 2. The predicted molar refractivity (Wildman–Crippen MR) is 81.0 cm³/mol. The van der Waals surface area contributed by atoms with E-state index in [2.05, 4.69) is 10.3 Å². The predicted octanol–water partition coefficient (Wildman–Crippen LogP) is 3.34. The molecule has 0 spiro atoms. The molecule has 5 heteroatoms. The first kappa shape index (κ1) is 13.6. The zero-order valence-corrected chi connectivity index (χ0v) is 11.9. The fraction of sp³-hybridized carbons (Fsp3) is 0.125. The number of rotatable bonds is 4. The molecule has 1 amide bonds. The molecule has 1 heterocycles. The minimum absolute atomic E-state index is 0.0837. The average molecular weight is 301 g/mol. The molecule has 0 aliphatic heterocycles. The summed E-state index contributed by atoms with van der Waals surface area (Å²) in [7, 11) is 0. The molecular formula is C16H13ClN2O2. The molecule has 3 aromatic rings. The van der Waals surface area contributed by atoms with E-state index in [1.54, 1.807) is 12.1 Å². The molecule has 0 unspecified atom stereocenters. The second-order valence-corrected chi connectivity index (χ2v) is 5.09. The van der Waals surface area contributed by atoms with Gasteiger partial charge in [0.15, 0.2) is 5.58 Å². The molecule has 0 saturated carbocycles. The van der Waals surface area contributed by atoms with Gasteiger partial charge in [-0.05, 0) is 29.8 Å². The van der Waals surface area contributed by atoms with Gasteiger partial charge in [-0.1, -0.05) is 35.9 Å². The van der Waals surface area contributed by atoms with Crippen molar-refractivity contribution in [2.45, 2.75) is 13.0 Å². The summed E-state index contributed by atoms with van der Waals surface area (Å²) in [5.74, 6) is 0.417. The van der Waals surface area contributed by atoms with Crippen molar-refractivity contribution in [1.29, 1.82) is 0 Å². The molecule has 1 N–H and O–H groups in total. The Bertz CT molecular complexity index is 732. The number of nitrogens with zero attached hydrogens (tertiary/aromatic N) is 1. The summed E-state index contributed by atoms with van der Waals surface area (Å²) in [6.07, 6.45) is 0.303. The Hall–Kier alpha value is -2.33. The molecule has 2 aromatic carbocycles. The van der Waals surface area contributed by atoms with Crippen LogP contribution in [0, 0.1) is 0 Å². The fourth-order valence-corrected chi connectivity index (χ4v) is 2.15. The number of amides is 1. The summed E-state index contributed by atoms with van der Waals surface area (Å²) in [6.45, 7) is 0.279. The van der Waals surface area contributed by atoms with E-state index < -0.39 is 0 Å². The lowest BCUT2D eigenvalue weighted by Crippen LogP contribution is -2.24. The van der Waals surface area contributed by atoms with Crippen LogP contribution in [0.5, 0.6) is 0 Å². The number of carbonyl (C=O) groups is 1. The van der Waals surface area contributed by atoms with Crippen LogP contribution < -0.4 is 5.32 Å². The third-order valence-corrected chi connectivity index (χ3v) is 3.30. The van der Waals surface area contributed by atoms with Gasteiger partial charge >= 0.3 is 0 Å². The summed E-state index contributed by atoms with van der Waals surface area (Å²) >= 11 is 5.81. The molecule has 106 valence electrons. The maximum absolute atomic E-state index is 11.9. The van der Waals surface area contributed by atoms with Crippen LogP contribution in [0.2, 0.25) is 5.02 Å². The standard InChI is InChI=1S/C16H13ClN2O2/c17-12-7-5-11(6-8-12)9-15(20)18-10-16-19-13-3-1-2-4-14(13)21-16/h1-8H,9-10H2,(H,18,20). The quantitative estimate of drug-likeness (QED) is 0.804. The Balaban J connectivity index is 1.59. The molecule has 1 aromatic heterocycles. The lowest BCUT2D eigenvalue weighted by atomic mass is 10.1. The Morgan fingerprint density at radius 1 is 1.14 bits per heavy atom. The Morgan fingerprint density at radius 2 is 1.90 bits per heavy atom. The largest absolute Gasteiger partial charge is 0.439 e. The monoisotopic (exact) mass is 300 g/mol. The van der Waals surface area contributed by atoms with Crippen LogP contribution in [0.4, 0.5) is 0 Å². The topological polar surface area (TPSA) is 55.1 Å². The molecule has 0 aliphatic rings. The van der Waals surface area contributed by atoms with Crippen molar-refractivity contribution in [3.05, 3.63) is 65.0 Å². The van der Waals surface area contributed by atoms with Crippen LogP contribution in [-0.4, -0.2) is 10.9 Å². The second kappa shape index (κ2) is 5.97. The van der Waals surface area contributed by atoms with Crippen LogP contribution in [-0.2, 0) is 17.8 Å². The van der Waals surface area contributed by atoms with Crippen molar-refractivity contribution in [3.63, 3.8) is 0 Å². The summed E-state index contributed by atoms with van der Waals surface area (Å²) in [5, 5.41) is 3.45. The number of carbonyl (C=O) groups excluding carboxylic acids is 1. The van der Waals surface area contributed by atoms with Gasteiger partial charge < -0.3 is 9.73 Å². The molecule has 21 heavy (non-hydrogen) atoms. The third-order valence-electron chi connectivity index (χ3n) is 3.05. The van der Waals surface area contributed by atoms with Crippen LogP contribution in [0.15, 0.2) is 52.9 Å². The Kier molecular flexibility index (Phi) is 3.88. The number of oxazole rings is 1. The molecule has 0 fully saturated rings. The van der Waals surface area contributed by atoms with Crippen LogP contribution in [0.25, 0.3) is 11.1 Å². The van der Waals surface area contributed by atoms with E-state index in [1.807, 2.05) is 36.4 Å². The Morgan fingerprint density at radius 3 is 2.67 bits per heavy atom. The number of para-hydroxylation sites is 2. The summed E-state index contributed by atoms with van der Waals surface area (Å²) in [6, 6.07) is 14.7. The molecule has 4 nitrogen and oxygen atoms in total. The van der Waals surface area contributed by atoms with Gasteiger partial charge in [-0.2, -0.15) is 0 Å². The lowest BCUT2D eigenvalue weighted by molar-refractivity contribution is -0.120. The van der Waals surface area contributed by atoms with Crippen molar-refractivity contribution in [2.24, 2.45) is 0 Å². The summed E-state index contributed by atoms with van der Waals surface area (Å²) in [5.41, 5.74) is 2.42. The normalized spacial score (nSPS) is 10.7. The minimum atomic E-state index is -0.0837. The van der Waals surface area contributed by atoms with E-state index in [9.17, 15) is 4.79 Å². The first-order chi connectivity index (χ1) is 10.2. The molecule has 0 atom stereocenters. The first-order valence-corrected chi connectivity index (χ1v) is 6.94. The highest BCUT2D eigenvalue weighted by molar-refractivity contribution is 6.30. The van der Waals surface area contributed by atoms with Crippen LogP contribution >= 0.6 is 11.6 Å². The van der Waals surface area contributed by atoms with Crippen molar-refractivity contribution in [2.75, 3.05) is 0 Å². The number of hydrogen-bond acceptors (Lipinski definition) is 3. The highest BCUT2D eigenvalue weighted by atomic mass is 35.5. The zero-order chi connectivity index (χ0) is 14.7. The van der Waals surface area contributed by atoms with Gasteiger partial charge in [0.2, 0.25) is 11.8 Å². The summed E-state index contributed by atoms with van der Waals surface area (Å²) in [4.78, 5) is 16.2. The number of hydrogen-bond donors (Lipinski definition) is 1. The smallest absolute Gasteiger partial charge is 0.224 e. The third kappa shape index (κ3) is 3.41. The Labute approximate surface area is 126 Å². The molecule has 0 saturated heterocycles. The van der Waals surface area contributed by atoms with E-state index in [4.69, 9.17) is 16.0 Å². The van der Waals surface area contributed by atoms with Crippen molar-refractivity contribution < 1.29 is 9.21 Å². The molecule has 0 aliphatic carbocycles. The highest BCUT2D eigenvalue weighted by Gasteiger charge is 2.07.